The molecule has 0 aliphatic heterocycles. The Labute approximate surface area is 155 Å². The molecule has 0 spiro atoms. The first-order valence-corrected chi connectivity index (χ1v) is 8.38. The van der Waals surface area contributed by atoms with E-state index in [2.05, 4.69) is 23.3 Å². The second-order valence-electron chi connectivity index (χ2n) is 5.22. The number of nitrogens with two attached hydrogens (primary N) is 2. The van der Waals surface area contributed by atoms with Crippen LogP contribution < -0.4 is 22.1 Å². The van der Waals surface area contributed by atoms with Crippen LogP contribution in [0.2, 0.25) is 0 Å². The molecule has 0 fully saturated rings. The van der Waals surface area contributed by atoms with Gasteiger partial charge in [0.1, 0.15) is 24.4 Å². The summed E-state index contributed by atoms with van der Waals surface area (Å²) in [7, 11) is 0. The Hall–Kier alpha value is -2.18. The van der Waals surface area contributed by atoms with E-state index >= 15 is 0 Å². The Balaban J connectivity index is 4.19. The zero-order chi connectivity index (χ0) is 20.1. The van der Waals surface area contributed by atoms with Crippen LogP contribution in [0.15, 0.2) is 0 Å². The van der Waals surface area contributed by atoms with Gasteiger partial charge in [0.2, 0.25) is 11.8 Å². The Morgan fingerprint density at radius 2 is 1.81 bits per heavy atom. The van der Waals surface area contributed by atoms with Crippen LogP contribution >= 0.6 is 12.6 Å². The van der Waals surface area contributed by atoms with E-state index in [4.69, 9.17) is 21.3 Å². The predicted molar refractivity (Wildman–Crippen MR) is 93.3 cm³/mol. The van der Waals surface area contributed by atoms with Crippen LogP contribution in [0.25, 0.3) is 0 Å². The van der Waals surface area contributed by atoms with Crippen LogP contribution in [0.1, 0.15) is 19.3 Å². The van der Waals surface area contributed by atoms with Gasteiger partial charge in [-0.3, -0.25) is 24.0 Å². The lowest BCUT2D eigenvalue weighted by atomic mass is 10.1. The first kappa shape index (κ1) is 23.8. The minimum atomic E-state index is -1.23. The molecule has 0 bridgehead atoms. The summed E-state index contributed by atoms with van der Waals surface area (Å²) in [5.74, 6) is -3.51. The molecule has 2 amide bonds. The van der Waals surface area contributed by atoms with Crippen molar-refractivity contribution in [3.8, 4) is 0 Å². The average molecular weight is 392 g/mol. The number of esters is 1. The first-order chi connectivity index (χ1) is 12.2. The maximum absolute atomic E-state index is 11.9. The molecule has 0 aromatic rings. The molecular weight excluding hydrogens is 368 g/mol. The average Bonchev–Trinajstić information content (AvgIpc) is 2.61. The molecule has 0 aliphatic rings. The number of hydrogen-bond donors (Lipinski definition) is 6. The van der Waals surface area contributed by atoms with Gasteiger partial charge in [-0.15, -0.1) is 0 Å². The highest BCUT2D eigenvalue weighted by Crippen LogP contribution is 1.97. The summed E-state index contributed by atoms with van der Waals surface area (Å²) in [5.41, 5.74) is 10.4. The van der Waals surface area contributed by atoms with Crippen LogP contribution in [0, 0.1) is 0 Å². The Morgan fingerprint density at radius 1 is 1.15 bits per heavy atom. The van der Waals surface area contributed by atoms with E-state index < -0.39 is 42.4 Å². The van der Waals surface area contributed by atoms with E-state index in [-0.39, 0.29) is 44.0 Å². The largest absolute Gasteiger partial charge is 0.480 e. The third-order valence-electron chi connectivity index (χ3n) is 3.11. The van der Waals surface area contributed by atoms with Crippen LogP contribution in [-0.2, 0) is 28.7 Å². The summed E-state index contributed by atoms with van der Waals surface area (Å²) in [4.78, 5) is 56.6. The summed E-state index contributed by atoms with van der Waals surface area (Å²) >= 11 is 3.95. The zero-order valence-electron chi connectivity index (χ0n) is 14.1. The molecule has 26 heavy (non-hydrogen) atoms. The number of carbonyl (C=O) groups is 5. The van der Waals surface area contributed by atoms with Gasteiger partial charge in [-0.2, -0.15) is 12.6 Å². The quantitative estimate of drug-likeness (QED) is 0.142. The number of ketones is 1. The lowest BCUT2D eigenvalue weighted by molar-refractivity contribution is -0.144. The van der Waals surface area contributed by atoms with Crippen LogP contribution in [0.4, 0.5) is 0 Å². The van der Waals surface area contributed by atoms with Crippen LogP contribution in [0.3, 0.4) is 0 Å². The molecule has 148 valence electrons. The third-order valence-corrected chi connectivity index (χ3v) is 3.48. The number of carbonyl (C=O) groups excluding carboxylic acids is 4. The van der Waals surface area contributed by atoms with E-state index in [1.807, 2.05) is 0 Å². The normalized spacial score (nSPS) is 12.6. The van der Waals surface area contributed by atoms with Crippen molar-refractivity contribution in [1.29, 1.82) is 0 Å². The number of carboxylic acid groups (broad SMARTS) is 1. The van der Waals surface area contributed by atoms with Crippen LogP contribution in [0.5, 0.6) is 0 Å². The minimum absolute atomic E-state index is 0.00993. The van der Waals surface area contributed by atoms with Crippen molar-refractivity contribution in [3.63, 3.8) is 0 Å². The number of ether oxygens (including phenoxy) is 1. The molecular formula is C14H24N4O7S. The number of aliphatic carboxylic acids is 1. The standard InChI is InChI=1S/C14H24N4O7S/c15-5-8(19)3-4-25-12(21)6-17-13(22)10(7-26)18-11(20)2-1-9(16)14(23)24/h9-10,26H,1-7,15-16H2,(H,17,22)(H,18,20)(H,23,24). The molecule has 0 aliphatic carbocycles. The van der Waals surface area contributed by atoms with Gasteiger partial charge in [0.15, 0.2) is 0 Å². The summed E-state index contributed by atoms with van der Waals surface area (Å²) < 4.78 is 4.74. The van der Waals surface area contributed by atoms with E-state index in [1.54, 1.807) is 0 Å². The van der Waals surface area contributed by atoms with E-state index in [0.717, 1.165) is 0 Å². The minimum Gasteiger partial charge on any atom is -0.480 e. The monoisotopic (exact) mass is 392 g/mol. The molecule has 2 unspecified atom stereocenters. The van der Waals surface area contributed by atoms with Gasteiger partial charge in [0, 0.05) is 18.6 Å². The number of hydrogen-bond acceptors (Lipinski definition) is 9. The Kier molecular flexibility index (Phi) is 12.0. The molecule has 0 heterocycles. The molecule has 0 aromatic carbocycles. The van der Waals surface area contributed by atoms with Gasteiger partial charge >= 0.3 is 11.9 Å². The van der Waals surface area contributed by atoms with Gasteiger partial charge in [-0.25, -0.2) is 0 Å². The molecule has 2 atom stereocenters. The molecule has 0 radical (unpaired) electrons. The fourth-order valence-corrected chi connectivity index (χ4v) is 1.84. The van der Waals surface area contributed by atoms with Crippen molar-refractivity contribution in [2.24, 2.45) is 11.5 Å². The smallest absolute Gasteiger partial charge is 0.325 e. The molecule has 0 saturated carbocycles. The van der Waals surface area contributed by atoms with Crippen molar-refractivity contribution < 1.29 is 33.8 Å². The van der Waals surface area contributed by atoms with E-state index in [0.29, 0.717) is 0 Å². The molecule has 7 N–H and O–H groups in total. The number of carboxylic acids is 1. The molecule has 0 rings (SSSR count). The number of rotatable bonds is 13. The van der Waals surface area contributed by atoms with Gasteiger partial charge in [0.05, 0.1) is 13.2 Å². The number of nitrogens with one attached hydrogen (secondary N) is 2. The fraction of sp³-hybridized carbons (Fsp3) is 0.643. The van der Waals surface area contributed by atoms with Crippen LogP contribution in [-0.4, -0.2) is 72.2 Å². The van der Waals surface area contributed by atoms with Crippen molar-refractivity contribution in [2.75, 3.05) is 25.4 Å². The lowest BCUT2D eigenvalue weighted by Gasteiger charge is -2.16. The van der Waals surface area contributed by atoms with Crippen molar-refractivity contribution >= 4 is 42.2 Å². The molecule has 12 heteroatoms. The highest BCUT2D eigenvalue weighted by Gasteiger charge is 2.21. The first-order valence-electron chi connectivity index (χ1n) is 7.75. The maximum atomic E-state index is 11.9. The zero-order valence-corrected chi connectivity index (χ0v) is 15.0. The second-order valence-corrected chi connectivity index (χ2v) is 5.58. The lowest BCUT2D eigenvalue weighted by Crippen LogP contribution is -2.49. The second kappa shape index (κ2) is 13.1. The van der Waals surface area contributed by atoms with Gasteiger partial charge in [-0.1, -0.05) is 0 Å². The van der Waals surface area contributed by atoms with E-state index in [9.17, 15) is 24.0 Å². The van der Waals surface area contributed by atoms with E-state index in [1.165, 1.54) is 0 Å². The third kappa shape index (κ3) is 10.6. The maximum Gasteiger partial charge on any atom is 0.325 e. The Bertz CT molecular complexity index is 529. The number of Topliss-reactive ketones (excluding diaryl/α,β-unsaturated/α-hetero) is 1. The molecule has 11 nitrogen and oxygen atoms in total. The number of thiol groups is 1. The van der Waals surface area contributed by atoms with Crippen molar-refractivity contribution in [3.05, 3.63) is 0 Å². The summed E-state index contributed by atoms with van der Waals surface area (Å²) in [5, 5.41) is 13.3. The summed E-state index contributed by atoms with van der Waals surface area (Å²) in [6.07, 6.45) is -0.276. The van der Waals surface area contributed by atoms with Gasteiger partial charge in [0.25, 0.3) is 0 Å². The SMILES string of the molecule is NCC(=O)CCOC(=O)CNC(=O)C(CS)NC(=O)CCC(N)C(=O)O. The van der Waals surface area contributed by atoms with Gasteiger partial charge in [-0.05, 0) is 6.42 Å². The topological polar surface area (TPSA) is 191 Å². The van der Waals surface area contributed by atoms with Crippen molar-refractivity contribution in [2.45, 2.75) is 31.3 Å². The Morgan fingerprint density at radius 3 is 2.35 bits per heavy atom. The summed E-state index contributed by atoms with van der Waals surface area (Å²) in [6.45, 7) is -0.726. The number of amides is 2. The van der Waals surface area contributed by atoms with Gasteiger partial charge < -0.3 is 31.9 Å². The molecule has 0 saturated heterocycles. The highest BCUT2D eigenvalue weighted by atomic mass is 32.1. The fourth-order valence-electron chi connectivity index (χ4n) is 1.58. The molecule has 0 aromatic heterocycles. The predicted octanol–water partition coefficient (Wildman–Crippen LogP) is -2.83. The summed E-state index contributed by atoms with van der Waals surface area (Å²) in [6, 6.07) is -2.19. The highest BCUT2D eigenvalue weighted by molar-refractivity contribution is 7.80. The van der Waals surface area contributed by atoms with Crippen molar-refractivity contribution in [1.82, 2.24) is 10.6 Å².